The number of aliphatic carboxylic acids is 1. The van der Waals surface area contributed by atoms with Crippen molar-refractivity contribution in [3.63, 3.8) is 0 Å². The monoisotopic (exact) mass is 254 g/mol. The fraction of sp³-hybridized carbons (Fsp3) is 0.100. The van der Waals surface area contributed by atoms with Gasteiger partial charge in [-0.25, -0.2) is 0 Å². The van der Waals surface area contributed by atoms with Crippen LogP contribution in [0.15, 0.2) is 24.5 Å². The molecule has 6 heteroatoms. The lowest BCUT2D eigenvalue weighted by Gasteiger charge is -2.02. The van der Waals surface area contributed by atoms with Gasteiger partial charge < -0.3 is 5.11 Å². The van der Waals surface area contributed by atoms with Gasteiger partial charge in [0.15, 0.2) is 0 Å². The molecule has 0 radical (unpaired) electrons. The van der Waals surface area contributed by atoms with Crippen LogP contribution in [0.4, 0.5) is 0 Å². The van der Waals surface area contributed by atoms with Gasteiger partial charge in [0.2, 0.25) is 0 Å². The van der Waals surface area contributed by atoms with Gasteiger partial charge in [0, 0.05) is 12.4 Å². The number of carbonyl (C=O) groups is 1. The first kappa shape index (κ1) is 11.0. The molecule has 2 aromatic heterocycles. The van der Waals surface area contributed by atoms with Crippen LogP contribution in [0.3, 0.4) is 0 Å². The Morgan fingerprint density at radius 1 is 1.38 bits per heavy atom. The number of hydrogen-bond donors (Lipinski definition) is 1. The molecule has 0 atom stereocenters. The summed E-state index contributed by atoms with van der Waals surface area (Å²) in [6.45, 7) is 0. The Hall–Kier alpha value is -1.46. The summed E-state index contributed by atoms with van der Waals surface area (Å²) in [5, 5.41) is 8.75. The average Bonchev–Trinajstić information content (AvgIpc) is 2.65. The van der Waals surface area contributed by atoms with E-state index in [2.05, 4.69) is 9.97 Å². The molecular weight excluding hydrogens is 248 g/mol. The lowest BCUT2D eigenvalue weighted by Crippen LogP contribution is -2.04. The second-order valence-corrected chi connectivity index (χ2v) is 4.74. The summed E-state index contributed by atoms with van der Waals surface area (Å²) in [6.07, 6.45) is 2.88. The Morgan fingerprint density at radius 2 is 2.12 bits per heavy atom. The Labute approximate surface area is 101 Å². The standard InChI is InChI=1S/C10H7ClN2O2S/c11-8-2-1-7(16-8)10-6(5-9(14)15)12-3-4-13-10/h1-4H,5H2,(H,14,15). The largest absolute Gasteiger partial charge is 0.481 e. The predicted molar refractivity (Wildman–Crippen MR) is 61.7 cm³/mol. The maximum atomic E-state index is 10.7. The first-order chi connectivity index (χ1) is 7.66. The van der Waals surface area contributed by atoms with E-state index in [1.54, 1.807) is 6.07 Å². The molecule has 0 spiro atoms. The van der Waals surface area contributed by atoms with Crippen LogP contribution >= 0.6 is 22.9 Å². The predicted octanol–water partition coefficient (Wildman–Crippen LogP) is 2.49. The van der Waals surface area contributed by atoms with Crippen LogP contribution in [0.2, 0.25) is 4.34 Å². The summed E-state index contributed by atoms with van der Waals surface area (Å²) in [6, 6.07) is 3.56. The lowest BCUT2D eigenvalue weighted by molar-refractivity contribution is -0.136. The van der Waals surface area contributed by atoms with Crippen molar-refractivity contribution < 1.29 is 9.90 Å². The molecule has 4 nitrogen and oxygen atoms in total. The minimum atomic E-state index is -0.926. The third-order valence-electron chi connectivity index (χ3n) is 1.90. The summed E-state index contributed by atoms with van der Waals surface area (Å²) in [5.74, 6) is -0.926. The molecule has 0 saturated carbocycles. The molecule has 0 amide bonds. The van der Waals surface area contributed by atoms with E-state index in [-0.39, 0.29) is 6.42 Å². The van der Waals surface area contributed by atoms with Gasteiger partial charge in [-0.15, -0.1) is 11.3 Å². The van der Waals surface area contributed by atoms with Crippen molar-refractivity contribution in [3.8, 4) is 10.6 Å². The number of carboxylic acids is 1. The third-order valence-corrected chi connectivity index (χ3v) is 3.14. The number of rotatable bonds is 3. The topological polar surface area (TPSA) is 63.1 Å². The number of halogens is 1. The Kier molecular flexibility index (Phi) is 3.17. The maximum absolute atomic E-state index is 10.7. The first-order valence-electron chi connectivity index (χ1n) is 4.44. The molecule has 16 heavy (non-hydrogen) atoms. The van der Waals surface area contributed by atoms with Gasteiger partial charge in [-0.05, 0) is 12.1 Å². The van der Waals surface area contributed by atoms with Gasteiger partial charge in [0.25, 0.3) is 0 Å². The summed E-state index contributed by atoms with van der Waals surface area (Å²) in [5.41, 5.74) is 1.04. The van der Waals surface area contributed by atoms with Gasteiger partial charge in [-0.1, -0.05) is 11.6 Å². The molecule has 0 bridgehead atoms. The molecule has 0 aliphatic rings. The Morgan fingerprint density at radius 3 is 2.75 bits per heavy atom. The summed E-state index contributed by atoms with van der Waals surface area (Å²) in [4.78, 5) is 19.7. The first-order valence-corrected chi connectivity index (χ1v) is 5.63. The van der Waals surface area contributed by atoms with E-state index in [0.717, 1.165) is 4.88 Å². The normalized spacial score (nSPS) is 10.3. The van der Waals surface area contributed by atoms with Crippen LogP contribution in [-0.4, -0.2) is 21.0 Å². The molecular formula is C10H7ClN2O2S. The molecule has 2 heterocycles. The molecule has 0 unspecified atom stereocenters. The number of hydrogen-bond acceptors (Lipinski definition) is 4. The Bertz CT molecular complexity index is 527. The molecule has 2 rings (SSSR count). The van der Waals surface area contributed by atoms with E-state index >= 15 is 0 Å². The number of nitrogens with zero attached hydrogens (tertiary/aromatic N) is 2. The van der Waals surface area contributed by atoms with Gasteiger partial charge in [0.05, 0.1) is 21.3 Å². The van der Waals surface area contributed by atoms with E-state index in [9.17, 15) is 4.79 Å². The molecule has 0 saturated heterocycles. The van der Waals surface area contributed by atoms with Crippen molar-refractivity contribution in [2.24, 2.45) is 0 Å². The number of aromatic nitrogens is 2. The van der Waals surface area contributed by atoms with Crippen molar-refractivity contribution in [1.29, 1.82) is 0 Å². The van der Waals surface area contributed by atoms with Crippen LogP contribution in [0.5, 0.6) is 0 Å². The lowest BCUT2D eigenvalue weighted by atomic mass is 10.2. The van der Waals surface area contributed by atoms with E-state index in [0.29, 0.717) is 15.7 Å². The average molecular weight is 255 g/mol. The van der Waals surface area contributed by atoms with Gasteiger partial charge in [-0.3, -0.25) is 14.8 Å². The molecule has 0 aromatic carbocycles. The van der Waals surface area contributed by atoms with Crippen LogP contribution in [-0.2, 0) is 11.2 Å². The summed E-state index contributed by atoms with van der Waals surface area (Å²) < 4.78 is 0.641. The molecule has 0 aliphatic carbocycles. The van der Waals surface area contributed by atoms with Crippen LogP contribution < -0.4 is 0 Å². The third kappa shape index (κ3) is 2.37. The SMILES string of the molecule is O=C(O)Cc1nccnc1-c1ccc(Cl)s1. The molecule has 2 aromatic rings. The second-order valence-electron chi connectivity index (χ2n) is 3.03. The van der Waals surface area contributed by atoms with Crippen molar-refractivity contribution in [2.45, 2.75) is 6.42 Å². The van der Waals surface area contributed by atoms with Gasteiger partial charge in [0.1, 0.15) is 5.69 Å². The summed E-state index contributed by atoms with van der Waals surface area (Å²) in [7, 11) is 0. The van der Waals surface area contributed by atoms with Gasteiger partial charge in [-0.2, -0.15) is 0 Å². The minimum absolute atomic E-state index is 0.140. The zero-order chi connectivity index (χ0) is 11.5. The highest BCUT2D eigenvalue weighted by atomic mass is 35.5. The fourth-order valence-electron chi connectivity index (χ4n) is 1.29. The number of thiophene rings is 1. The van der Waals surface area contributed by atoms with Crippen molar-refractivity contribution in [2.75, 3.05) is 0 Å². The van der Waals surface area contributed by atoms with E-state index in [1.165, 1.54) is 23.7 Å². The quantitative estimate of drug-likeness (QED) is 0.914. The van der Waals surface area contributed by atoms with E-state index in [1.807, 2.05) is 6.07 Å². The van der Waals surface area contributed by atoms with E-state index in [4.69, 9.17) is 16.7 Å². The molecule has 0 fully saturated rings. The zero-order valence-corrected chi connectivity index (χ0v) is 9.63. The molecule has 0 aliphatic heterocycles. The fourth-order valence-corrected chi connectivity index (χ4v) is 2.35. The van der Waals surface area contributed by atoms with Crippen LogP contribution in [0.1, 0.15) is 5.69 Å². The zero-order valence-electron chi connectivity index (χ0n) is 8.05. The van der Waals surface area contributed by atoms with Crippen molar-refractivity contribution >= 4 is 28.9 Å². The highest BCUT2D eigenvalue weighted by Crippen LogP contribution is 2.31. The van der Waals surface area contributed by atoms with Crippen molar-refractivity contribution in [1.82, 2.24) is 9.97 Å². The van der Waals surface area contributed by atoms with E-state index < -0.39 is 5.97 Å². The minimum Gasteiger partial charge on any atom is -0.481 e. The van der Waals surface area contributed by atoms with Crippen LogP contribution in [0, 0.1) is 0 Å². The van der Waals surface area contributed by atoms with Gasteiger partial charge >= 0.3 is 5.97 Å². The highest BCUT2D eigenvalue weighted by molar-refractivity contribution is 7.19. The Balaban J connectivity index is 2.43. The number of carboxylic acid groups (broad SMARTS) is 1. The maximum Gasteiger partial charge on any atom is 0.309 e. The molecule has 1 N–H and O–H groups in total. The smallest absolute Gasteiger partial charge is 0.309 e. The van der Waals surface area contributed by atoms with Crippen molar-refractivity contribution in [3.05, 3.63) is 34.6 Å². The highest BCUT2D eigenvalue weighted by Gasteiger charge is 2.12. The second kappa shape index (κ2) is 4.59. The van der Waals surface area contributed by atoms with Crippen LogP contribution in [0.25, 0.3) is 10.6 Å². The molecule has 82 valence electrons. The summed E-state index contributed by atoms with van der Waals surface area (Å²) >= 11 is 7.17.